The maximum Gasteiger partial charge on any atom is 0.166 e. The van der Waals surface area contributed by atoms with E-state index in [1.807, 2.05) is 60.7 Å². The second-order valence-electron chi connectivity index (χ2n) is 5.85. The Labute approximate surface area is 155 Å². The van der Waals surface area contributed by atoms with Gasteiger partial charge in [0.25, 0.3) is 0 Å². The highest BCUT2D eigenvalue weighted by Crippen LogP contribution is 2.37. The number of rotatable bonds is 9. The van der Waals surface area contributed by atoms with Gasteiger partial charge >= 0.3 is 0 Å². The molecule has 7 heteroatoms. The van der Waals surface area contributed by atoms with E-state index in [0.717, 1.165) is 22.9 Å². The van der Waals surface area contributed by atoms with Crippen LogP contribution in [-0.4, -0.2) is 34.7 Å². The largest absolute Gasteiger partial charge is 0.379 e. The lowest BCUT2D eigenvalue weighted by Gasteiger charge is -2.18. The van der Waals surface area contributed by atoms with E-state index in [-0.39, 0.29) is 19.8 Å². The number of aliphatic hydroxyl groups excluding tert-OH is 1. The summed E-state index contributed by atoms with van der Waals surface area (Å²) in [6.07, 6.45) is -2.49. The molecule has 140 valence electrons. The van der Waals surface area contributed by atoms with Gasteiger partial charge in [-0.1, -0.05) is 60.7 Å². The molecule has 0 saturated carbocycles. The molecule has 1 fully saturated rings. The lowest BCUT2D eigenvalue weighted by Crippen LogP contribution is -2.34. The molecule has 1 unspecified atom stereocenters. The molecule has 0 aromatic heterocycles. The average Bonchev–Trinajstić information content (AvgIpc) is 2.95. The number of hydrogen-bond donors (Lipinski definition) is 1. The Balaban J connectivity index is 1.42. The van der Waals surface area contributed by atoms with Crippen LogP contribution in [0, 0.1) is 0 Å². The summed E-state index contributed by atoms with van der Waals surface area (Å²) in [5.41, 5.74) is 0.699. The highest BCUT2D eigenvalue weighted by atomic mass is 32.2. The Bertz CT molecular complexity index is 645. The SMILES string of the molecule is OC1S[C@H](COOCc2ccccc2)[C@@H](OOCc2ccccc2)[C@@H]1F. The van der Waals surface area contributed by atoms with Crippen LogP contribution >= 0.6 is 11.8 Å². The lowest BCUT2D eigenvalue weighted by atomic mass is 10.2. The molecule has 1 saturated heterocycles. The maximum atomic E-state index is 14.2. The van der Waals surface area contributed by atoms with E-state index in [0.29, 0.717) is 0 Å². The summed E-state index contributed by atoms with van der Waals surface area (Å²) in [5, 5.41) is 9.31. The van der Waals surface area contributed by atoms with Crippen LogP contribution in [0.4, 0.5) is 4.39 Å². The van der Waals surface area contributed by atoms with Crippen molar-refractivity contribution in [1.29, 1.82) is 0 Å². The lowest BCUT2D eigenvalue weighted by molar-refractivity contribution is -0.351. The Morgan fingerprint density at radius 3 is 2.04 bits per heavy atom. The van der Waals surface area contributed by atoms with E-state index in [1.54, 1.807) is 0 Å². The first-order valence-corrected chi connectivity index (χ1v) is 9.26. The molecule has 0 spiro atoms. The van der Waals surface area contributed by atoms with Crippen LogP contribution in [0.1, 0.15) is 11.1 Å². The van der Waals surface area contributed by atoms with Crippen molar-refractivity contribution < 1.29 is 29.0 Å². The standard InChI is InChI=1S/C19H21FO5S/c20-17-18(25-24-12-15-9-5-2-6-10-15)16(26-19(17)21)13-23-22-11-14-7-3-1-4-8-14/h1-10,16-19,21H,11-13H2/t16-,17+,18-,19?/m1/s1. The summed E-state index contributed by atoms with van der Waals surface area (Å²) in [5.74, 6) is 0. The second-order valence-corrected chi connectivity index (χ2v) is 7.21. The van der Waals surface area contributed by atoms with E-state index < -0.39 is 23.0 Å². The van der Waals surface area contributed by atoms with Crippen LogP contribution in [0.25, 0.3) is 0 Å². The number of alkyl halides is 1. The first-order chi connectivity index (χ1) is 12.7. The summed E-state index contributed by atoms with van der Waals surface area (Å²) in [7, 11) is 0. The molecule has 0 radical (unpaired) electrons. The maximum absolute atomic E-state index is 14.2. The first-order valence-electron chi connectivity index (χ1n) is 8.32. The van der Waals surface area contributed by atoms with Gasteiger partial charge in [-0.15, -0.1) is 11.8 Å². The molecule has 3 rings (SSSR count). The fourth-order valence-electron chi connectivity index (χ4n) is 2.50. The van der Waals surface area contributed by atoms with Crippen LogP contribution in [-0.2, 0) is 32.8 Å². The second kappa shape index (κ2) is 10.0. The summed E-state index contributed by atoms with van der Waals surface area (Å²) in [6.45, 7) is 0.563. The third kappa shape index (κ3) is 5.51. The minimum Gasteiger partial charge on any atom is -0.379 e. The van der Waals surface area contributed by atoms with Crippen LogP contribution in [0.2, 0.25) is 0 Å². The summed E-state index contributed by atoms with van der Waals surface area (Å²) in [6, 6.07) is 19.0. The molecule has 1 aliphatic heterocycles. The summed E-state index contributed by atoms with van der Waals surface area (Å²) < 4.78 is 14.2. The van der Waals surface area contributed by atoms with Gasteiger partial charge < -0.3 is 5.11 Å². The van der Waals surface area contributed by atoms with Crippen molar-refractivity contribution in [3.05, 3.63) is 71.8 Å². The van der Waals surface area contributed by atoms with Crippen molar-refractivity contribution in [3.63, 3.8) is 0 Å². The van der Waals surface area contributed by atoms with Crippen molar-refractivity contribution in [1.82, 2.24) is 0 Å². The van der Waals surface area contributed by atoms with Crippen LogP contribution in [0.15, 0.2) is 60.7 Å². The van der Waals surface area contributed by atoms with E-state index >= 15 is 0 Å². The van der Waals surface area contributed by atoms with Crippen molar-refractivity contribution in [3.8, 4) is 0 Å². The molecule has 0 bridgehead atoms. The van der Waals surface area contributed by atoms with Crippen molar-refractivity contribution in [2.75, 3.05) is 6.61 Å². The van der Waals surface area contributed by atoms with Crippen molar-refractivity contribution in [2.45, 2.75) is 36.2 Å². The van der Waals surface area contributed by atoms with Gasteiger partial charge in [0.05, 0.1) is 11.9 Å². The molecule has 4 atom stereocenters. The molecular formula is C19H21FO5S. The topological polar surface area (TPSA) is 57.2 Å². The van der Waals surface area contributed by atoms with Crippen molar-refractivity contribution in [2.24, 2.45) is 0 Å². The van der Waals surface area contributed by atoms with Gasteiger partial charge in [-0.25, -0.2) is 23.9 Å². The third-order valence-corrected chi connectivity index (χ3v) is 5.19. The van der Waals surface area contributed by atoms with E-state index in [9.17, 15) is 9.50 Å². The number of halogens is 1. The molecule has 2 aromatic rings. The molecule has 1 aliphatic rings. The number of hydrogen-bond acceptors (Lipinski definition) is 6. The summed E-state index contributed by atoms with van der Waals surface area (Å²) in [4.78, 5) is 20.7. The normalized spacial score (nSPS) is 25.5. The molecular weight excluding hydrogens is 359 g/mol. The van der Waals surface area contributed by atoms with E-state index in [2.05, 4.69) is 0 Å². The Morgan fingerprint density at radius 1 is 0.846 bits per heavy atom. The van der Waals surface area contributed by atoms with Gasteiger partial charge in [0, 0.05) is 0 Å². The summed E-state index contributed by atoms with van der Waals surface area (Å²) >= 11 is 1.04. The van der Waals surface area contributed by atoms with Gasteiger partial charge in [0.1, 0.15) is 24.8 Å². The smallest absolute Gasteiger partial charge is 0.166 e. The van der Waals surface area contributed by atoms with E-state index in [4.69, 9.17) is 19.6 Å². The Morgan fingerprint density at radius 2 is 1.42 bits per heavy atom. The Kier molecular flexibility index (Phi) is 7.43. The first kappa shape index (κ1) is 19.3. The van der Waals surface area contributed by atoms with E-state index in [1.165, 1.54) is 0 Å². The van der Waals surface area contributed by atoms with Gasteiger partial charge in [-0.3, -0.25) is 0 Å². The van der Waals surface area contributed by atoms with Crippen LogP contribution < -0.4 is 0 Å². The fraction of sp³-hybridized carbons (Fsp3) is 0.368. The zero-order chi connectivity index (χ0) is 18.2. The predicted molar refractivity (Wildman–Crippen MR) is 95.6 cm³/mol. The molecule has 1 N–H and O–H groups in total. The minimum atomic E-state index is -1.56. The van der Waals surface area contributed by atoms with Crippen LogP contribution in [0.5, 0.6) is 0 Å². The van der Waals surface area contributed by atoms with Crippen molar-refractivity contribution >= 4 is 11.8 Å². The molecule has 0 aliphatic carbocycles. The third-order valence-electron chi connectivity index (χ3n) is 3.90. The number of thioether (sulfide) groups is 1. The zero-order valence-electron chi connectivity index (χ0n) is 14.1. The quantitative estimate of drug-likeness (QED) is 0.409. The number of aliphatic hydroxyl groups is 1. The molecule has 1 heterocycles. The average molecular weight is 380 g/mol. The van der Waals surface area contributed by atoms with Crippen LogP contribution in [0.3, 0.4) is 0 Å². The molecule has 5 nitrogen and oxygen atoms in total. The van der Waals surface area contributed by atoms with Gasteiger partial charge in [-0.05, 0) is 11.1 Å². The molecule has 2 aromatic carbocycles. The predicted octanol–water partition coefficient (Wildman–Crippen LogP) is 3.42. The minimum absolute atomic E-state index is 0.0777. The monoisotopic (exact) mass is 380 g/mol. The van der Waals surface area contributed by atoms with Gasteiger partial charge in [0.2, 0.25) is 0 Å². The number of benzene rings is 2. The highest BCUT2D eigenvalue weighted by Gasteiger charge is 2.46. The van der Waals surface area contributed by atoms with Gasteiger partial charge in [-0.2, -0.15) is 0 Å². The van der Waals surface area contributed by atoms with Gasteiger partial charge in [0.15, 0.2) is 6.17 Å². The molecule has 26 heavy (non-hydrogen) atoms. The molecule has 0 amide bonds. The highest BCUT2D eigenvalue weighted by molar-refractivity contribution is 8.00. The fourth-order valence-corrected chi connectivity index (χ4v) is 3.65. The zero-order valence-corrected chi connectivity index (χ0v) is 14.9. The Hall–Kier alpha value is -1.48.